The minimum absolute atomic E-state index is 0.650. The Kier molecular flexibility index (Phi) is 2.71. The van der Waals surface area contributed by atoms with Gasteiger partial charge in [-0.2, -0.15) is 0 Å². The molecule has 1 fully saturated rings. The van der Waals surface area contributed by atoms with E-state index in [0.717, 1.165) is 5.69 Å². The van der Waals surface area contributed by atoms with Crippen LogP contribution in [0.25, 0.3) is 11.3 Å². The first-order valence-corrected chi connectivity index (χ1v) is 6.64. The Hall–Kier alpha value is -1.22. The number of halogens is 1. The lowest BCUT2D eigenvalue weighted by atomic mass is 10.0. The first kappa shape index (κ1) is 10.9. The molecule has 0 amide bonds. The third-order valence-corrected chi connectivity index (χ3v) is 3.49. The summed E-state index contributed by atoms with van der Waals surface area (Å²) in [7, 11) is 0. The SMILES string of the molecule is Cc1ccccc1-c1cc(C2CC2)nc(Br)n1. The standard InChI is InChI=1S/C14H13BrN2/c1-9-4-2-3-5-11(9)13-8-12(10-6-7-10)16-14(15)17-13/h2-5,8,10H,6-7H2,1H3. The van der Waals surface area contributed by atoms with Crippen LogP contribution >= 0.6 is 15.9 Å². The molecule has 1 aromatic carbocycles. The van der Waals surface area contributed by atoms with Crippen LogP contribution in [0.3, 0.4) is 0 Å². The maximum absolute atomic E-state index is 4.48. The molecule has 2 aromatic rings. The zero-order valence-electron chi connectivity index (χ0n) is 9.65. The van der Waals surface area contributed by atoms with Crippen molar-refractivity contribution in [3.05, 3.63) is 46.3 Å². The van der Waals surface area contributed by atoms with E-state index in [9.17, 15) is 0 Å². The van der Waals surface area contributed by atoms with E-state index in [1.54, 1.807) is 0 Å². The van der Waals surface area contributed by atoms with Crippen LogP contribution in [0.4, 0.5) is 0 Å². The Balaban J connectivity index is 2.11. The van der Waals surface area contributed by atoms with Crippen LogP contribution in [0, 0.1) is 6.92 Å². The van der Waals surface area contributed by atoms with Gasteiger partial charge in [0, 0.05) is 17.2 Å². The van der Waals surface area contributed by atoms with Gasteiger partial charge >= 0.3 is 0 Å². The molecule has 1 saturated carbocycles. The lowest BCUT2D eigenvalue weighted by molar-refractivity contribution is 0.966. The highest BCUT2D eigenvalue weighted by atomic mass is 79.9. The summed E-state index contributed by atoms with van der Waals surface area (Å²) in [5, 5.41) is 0. The number of benzene rings is 1. The summed E-state index contributed by atoms with van der Waals surface area (Å²) in [5.41, 5.74) is 4.63. The summed E-state index contributed by atoms with van der Waals surface area (Å²) in [6.07, 6.45) is 2.52. The van der Waals surface area contributed by atoms with E-state index in [4.69, 9.17) is 0 Å². The Labute approximate surface area is 109 Å². The minimum atomic E-state index is 0.650. The van der Waals surface area contributed by atoms with Crippen molar-refractivity contribution in [2.75, 3.05) is 0 Å². The van der Waals surface area contributed by atoms with Gasteiger partial charge in [0.05, 0.1) is 5.69 Å². The van der Waals surface area contributed by atoms with Gasteiger partial charge in [0.15, 0.2) is 4.73 Å². The van der Waals surface area contributed by atoms with Crippen LogP contribution in [0.2, 0.25) is 0 Å². The number of aryl methyl sites for hydroxylation is 1. The van der Waals surface area contributed by atoms with Crippen LogP contribution in [0.1, 0.15) is 30.0 Å². The molecule has 1 aliphatic carbocycles. The van der Waals surface area contributed by atoms with Gasteiger partial charge in [0.2, 0.25) is 0 Å². The molecular formula is C14H13BrN2. The van der Waals surface area contributed by atoms with Crippen molar-refractivity contribution in [1.82, 2.24) is 9.97 Å². The van der Waals surface area contributed by atoms with E-state index in [0.29, 0.717) is 10.7 Å². The fourth-order valence-electron chi connectivity index (χ4n) is 2.02. The molecule has 0 spiro atoms. The van der Waals surface area contributed by atoms with Gasteiger partial charge in [-0.15, -0.1) is 0 Å². The second-order valence-electron chi connectivity index (χ2n) is 4.54. The molecule has 2 nitrogen and oxygen atoms in total. The van der Waals surface area contributed by atoms with Crippen molar-refractivity contribution in [3.63, 3.8) is 0 Å². The van der Waals surface area contributed by atoms with Crippen molar-refractivity contribution in [2.24, 2.45) is 0 Å². The molecular weight excluding hydrogens is 276 g/mol. The third kappa shape index (κ3) is 2.25. The van der Waals surface area contributed by atoms with Crippen LogP contribution in [0.5, 0.6) is 0 Å². The molecule has 86 valence electrons. The lowest BCUT2D eigenvalue weighted by Crippen LogP contribution is -1.95. The first-order chi connectivity index (χ1) is 8.24. The summed E-state index contributed by atoms with van der Waals surface area (Å²) < 4.78 is 0.695. The van der Waals surface area contributed by atoms with Gasteiger partial charge in [-0.3, -0.25) is 0 Å². The molecule has 0 bridgehead atoms. The van der Waals surface area contributed by atoms with Crippen LogP contribution in [-0.4, -0.2) is 9.97 Å². The zero-order chi connectivity index (χ0) is 11.8. The van der Waals surface area contributed by atoms with E-state index in [2.05, 4.69) is 63.2 Å². The van der Waals surface area contributed by atoms with E-state index in [1.165, 1.54) is 29.7 Å². The summed E-state index contributed by atoms with van der Waals surface area (Å²) in [5.74, 6) is 0.650. The third-order valence-electron chi connectivity index (χ3n) is 3.14. The molecule has 0 N–H and O–H groups in total. The highest BCUT2D eigenvalue weighted by Gasteiger charge is 2.26. The predicted molar refractivity (Wildman–Crippen MR) is 71.9 cm³/mol. The van der Waals surface area contributed by atoms with Gasteiger partial charge < -0.3 is 0 Å². The maximum atomic E-state index is 4.48. The molecule has 0 radical (unpaired) electrons. The molecule has 3 heteroatoms. The van der Waals surface area contributed by atoms with E-state index in [-0.39, 0.29) is 0 Å². The molecule has 0 unspecified atom stereocenters. The highest BCUT2D eigenvalue weighted by Crippen LogP contribution is 2.40. The Bertz CT molecular complexity index is 562. The molecule has 3 rings (SSSR count). The van der Waals surface area contributed by atoms with Crippen molar-refractivity contribution < 1.29 is 0 Å². The van der Waals surface area contributed by atoms with Gasteiger partial charge in [-0.25, -0.2) is 9.97 Å². The molecule has 17 heavy (non-hydrogen) atoms. The Morgan fingerprint density at radius 3 is 2.65 bits per heavy atom. The van der Waals surface area contributed by atoms with Crippen LogP contribution in [0.15, 0.2) is 35.1 Å². The van der Waals surface area contributed by atoms with E-state index in [1.807, 2.05) is 0 Å². The lowest BCUT2D eigenvalue weighted by Gasteiger charge is -2.07. The van der Waals surface area contributed by atoms with Crippen molar-refractivity contribution >= 4 is 15.9 Å². The van der Waals surface area contributed by atoms with Gasteiger partial charge in [-0.05, 0) is 47.3 Å². The second kappa shape index (κ2) is 4.22. The second-order valence-corrected chi connectivity index (χ2v) is 5.25. The molecule has 1 aliphatic rings. The number of rotatable bonds is 2. The maximum Gasteiger partial charge on any atom is 0.197 e. The smallest absolute Gasteiger partial charge is 0.197 e. The molecule has 1 aromatic heterocycles. The minimum Gasteiger partial charge on any atom is -0.227 e. The summed E-state index contributed by atoms with van der Waals surface area (Å²) in [4.78, 5) is 8.94. The quantitative estimate of drug-likeness (QED) is 0.778. The Morgan fingerprint density at radius 2 is 1.94 bits per heavy atom. The highest BCUT2D eigenvalue weighted by molar-refractivity contribution is 9.10. The van der Waals surface area contributed by atoms with E-state index >= 15 is 0 Å². The van der Waals surface area contributed by atoms with Gasteiger partial charge in [0.25, 0.3) is 0 Å². The molecule has 0 aliphatic heterocycles. The number of hydrogen-bond acceptors (Lipinski definition) is 2. The normalized spacial score (nSPS) is 14.9. The molecule has 0 atom stereocenters. The topological polar surface area (TPSA) is 25.8 Å². The largest absolute Gasteiger partial charge is 0.227 e. The van der Waals surface area contributed by atoms with E-state index < -0.39 is 0 Å². The number of nitrogens with zero attached hydrogens (tertiary/aromatic N) is 2. The average Bonchev–Trinajstić information content (AvgIpc) is 3.12. The summed E-state index contributed by atoms with van der Waals surface area (Å²) in [6.45, 7) is 2.11. The number of aromatic nitrogens is 2. The van der Waals surface area contributed by atoms with Crippen LogP contribution in [-0.2, 0) is 0 Å². The van der Waals surface area contributed by atoms with Crippen molar-refractivity contribution in [2.45, 2.75) is 25.7 Å². The van der Waals surface area contributed by atoms with Gasteiger partial charge in [-0.1, -0.05) is 24.3 Å². The molecule has 0 saturated heterocycles. The van der Waals surface area contributed by atoms with Crippen LogP contribution < -0.4 is 0 Å². The predicted octanol–water partition coefficient (Wildman–Crippen LogP) is 4.09. The van der Waals surface area contributed by atoms with Gasteiger partial charge in [0.1, 0.15) is 0 Å². The monoisotopic (exact) mass is 288 g/mol. The fraction of sp³-hybridized carbons (Fsp3) is 0.286. The van der Waals surface area contributed by atoms with Crippen molar-refractivity contribution in [1.29, 1.82) is 0 Å². The first-order valence-electron chi connectivity index (χ1n) is 5.84. The number of hydrogen-bond donors (Lipinski definition) is 0. The Morgan fingerprint density at radius 1 is 1.18 bits per heavy atom. The molecule has 1 heterocycles. The summed E-state index contributed by atoms with van der Waals surface area (Å²) >= 11 is 3.41. The fourth-order valence-corrected chi connectivity index (χ4v) is 2.42. The van der Waals surface area contributed by atoms with Crippen molar-refractivity contribution in [3.8, 4) is 11.3 Å². The zero-order valence-corrected chi connectivity index (χ0v) is 11.2. The summed E-state index contributed by atoms with van der Waals surface area (Å²) in [6, 6.07) is 10.5. The average molecular weight is 289 g/mol.